The smallest absolute Gasteiger partial charge is 0.253 e. The van der Waals surface area contributed by atoms with Crippen LogP contribution in [0.3, 0.4) is 0 Å². The lowest BCUT2D eigenvalue weighted by atomic mass is 9.89. The third kappa shape index (κ3) is 6.19. The SMILES string of the molecule is CCN(CC)C(=O)c1ccc(C(c2cccc(NCC3CCCCC3)c2)N2CCNCC2)cc1. The Morgan fingerprint density at radius 1 is 1.00 bits per heavy atom. The number of piperazine rings is 1. The molecule has 2 N–H and O–H groups in total. The second kappa shape index (κ2) is 12.4. The lowest BCUT2D eigenvalue weighted by molar-refractivity contribution is 0.0773. The highest BCUT2D eigenvalue weighted by Gasteiger charge is 2.25. The van der Waals surface area contributed by atoms with E-state index in [1.807, 2.05) is 30.9 Å². The highest BCUT2D eigenvalue weighted by molar-refractivity contribution is 5.94. The number of rotatable bonds is 9. The van der Waals surface area contributed by atoms with E-state index in [0.29, 0.717) is 0 Å². The van der Waals surface area contributed by atoms with Crippen molar-refractivity contribution in [1.29, 1.82) is 0 Å². The Hall–Kier alpha value is -2.37. The molecule has 1 aliphatic heterocycles. The van der Waals surface area contributed by atoms with Gasteiger partial charge in [-0.3, -0.25) is 9.69 Å². The first kappa shape index (κ1) is 24.7. The molecule has 1 atom stereocenters. The molecular weight excluding hydrogens is 420 g/mol. The lowest BCUT2D eigenvalue weighted by Gasteiger charge is -2.36. The minimum Gasteiger partial charge on any atom is -0.385 e. The zero-order valence-corrected chi connectivity index (χ0v) is 21.1. The minimum absolute atomic E-state index is 0.115. The molecule has 2 fully saturated rings. The lowest BCUT2D eigenvalue weighted by Crippen LogP contribution is -2.45. The molecular formula is C29H42N4O. The van der Waals surface area contributed by atoms with E-state index in [1.165, 1.54) is 48.9 Å². The van der Waals surface area contributed by atoms with Gasteiger partial charge in [-0.2, -0.15) is 0 Å². The third-order valence-corrected chi connectivity index (χ3v) is 7.56. The molecule has 1 saturated heterocycles. The van der Waals surface area contributed by atoms with Crippen LogP contribution >= 0.6 is 0 Å². The summed E-state index contributed by atoms with van der Waals surface area (Å²) in [6, 6.07) is 17.5. The Morgan fingerprint density at radius 3 is 2.38 bits per heavy atom. The molecule has 1 unspecified atom stereocenters. The molecule has 0 spiro atoms. The Kier molecular flexibility index (Phi) is 9.00. The molecule has 4 rings (SSSR count). The summed E-state index contributed by atoms with van der Waals surface area (Å²) < 4.78 is 0. The van der Waals surface area contributed by atoms with Gasteiger partial charge in [-0.25, -0.2) is 0 Å². The van der Waals surface area contributed by atoms with Crippen molar-refractivity contribution in [3.63, 3.8) is 0 Å². The van der Waals surface area contributed by atoms with E-state index >= 15 is 0 Å². The van der Waals surface area contributed by atoms with Gasteiger partial charge in [-0.1, -0.05) is 43.5 Å². The number of carbonyl (C=O) groups excluding carboxylic acids is 1. The number of nitrogens with one attached hydrogen (secondary N) is 2. The first-order valence-corrected chi connectivity index (χ1v) is 13.4. The average molecular weight is 463 g/mol. The van der Waals surface area contributed by atoms with E-state index < -0.39 is 0 Å². The van der Waals surface area contributed by atoms with Crippen LogP contribution in [-0.2, 0) is 0 Å². The molecule has 34 heavy (non-hydrogen) atoms. The van der Waals surface area contributed by atoms with E-state index in [-0.39, 0.29) is 11.9 Å². The molecule has 0 radical (unpaired) electrons. The summed E-state index contributed by atoms with van der Waals surface area (Å²) in [5.41, 5.74) is 4.56. The van der Waals surface area contributed by atoms with Gasteiger partial charge in [0.05, 0.1) is 6.04 Å². The zero-order chi connectivity index (χ0) is 23.8. The van der Waals surface area contributed by atoms with Crippen LogP contribution in [0.15, 0.2) is 48.5 Å². The fourth-order valence-electron chi connectivity index (χ4n) is 5.53. The Bertz CT molecular complexity index is 897. The van der Waals surface area contributed by atoms with Crippen molar-refractivity contribution in [2.24, 2.45) is 5.92 Å². The summed E-state index contributed by atoms with van der Waals surface area (Å²) in [5, 5.41) is 7.22. The van der Waals surface area contributed by atoms with Crippen LogP contribution in [-0.4, -0.2) is 61.5 Å². The standard InChI is InChI=1S/C29H42N4O/c1-3-32(4-2)29(34)25-15-13-24(14-16-25)28(33-19-17-30-18-20-33)26-11-8-12-27(21-26)31-22-23-9-6-5-7-10-23/h8,11-16,21,23,28,30-31H,3-7,9-10,17-20,22H2,1-2H3. The number of amides is 1. The van der Waals surface area contributed by atoms with Gasteiger partial charge in [-0.05, 0) is 68.0 Å². The van der Waals surface area contributed by atoms with E-state index in [1.54, 1.807) is 0 Å². The van der Waals surface area contributed by atoms with Gasteiger partial charge in [-0.15, -0.1) is 0 Å². The van der Waals surface area contributed by atoms with Gasteiger partial charge in [0.25, 0.3) is 5.91 Å². The summed E-state index contributed by atoms with van der Waals surface area (Å²) in [4.78, 5) is 17.3. The van der Waals surface area contributed by atoms with E-state index in [0.717, 1.165) is 57.3 Å². The summed E-state index contributed by atoms with van der Waals surface area (Å²) in [6.45, 7) is 10.7. The van der Waals surface area contributed by atoms with Crippen molar-refractivity contribution in [3.8, 4) is 0 Å². The summed E-state index contributed by atoms with van der Waals surface area (Å²) in [5.74, 6) is 0.918. The summed E-state index contributed by atoms with van der Waals surface area (Å²) in [7, 11) is 0. The number of benzene rings is 2. The number of nitrogens with zero attached hydrogens (tertiary/aromatic N) is 2. The van der Waals surface area contributed by atoms with Gasteiger partial charge in [0.15, 0.2) is 0 Å². The van der Waals surface area contributed by atoms with Crippen molar-refractivity contribution in [3.05, 3.63) is 65.2 Å². The van der Waals surface area contributed by atoms with Crippen molar-refractivity contribution in [2.45, 2.75) is 52.0 Å². The second-order valence-electron chi connectivity index (χ2n) is 9.80. The normalized spacial score (nSPS) is 18.4. The Labute approximate surface area is 205 Å². The largest absolute Gasteiger partial charge is 0.385 e. The number of hydrogen-bond acceptors (Lipinski definition) is 4. The average Bonchev–Trinajstić information content (AvgIpc) is 2.90. The molecule has 1 amide bonds. The fourth-order valence-corrected chi connectivity index (χ4v) is 5.53. The molecule has 2 aliphatic rings. The van der Waals surface area contributed by atoms with Crippen molar-refractivity contribution < 1.29 is 4.79 Å². The number of carbonyl (C=O) groups is 1. The maximum absolute atomic E-state index is 12.8. The quantitative estimate of drug-likeness (QED) is 0.541. The van der Waals surface area contributed by atoms with Crippen LogP contribution in [0.2, 0.25) is 0 Å². The van der Waals surface area contributed by atoms with E-state index in [2.05, 4.69) is 51.9 Å². The van der Waals surface area contributed by atoms with Crippen molar-refractivity contribution >= 4 is 11.6 Å². The first-order chi connectivity index (χ1) is 16.7. The number of hydrogen-bond donors (Lipinski definition) is 2. The van der Waals surface area contributed by atoms with Gasteiger partial charge < -0.3 is 15.5 Å². The molecule has 1 heterocycles. The summed E-state index contributed by atoms with van der Waals surface area (Å²) >= 11 is 0. The molecule has 5 heteroatoms. The Morgan fingerprint density at radius 2 is 1.71 bits per heavy atom. The van der Waals surface area contributed by atoms with Crippen LogP contribution in [0.4, 0.5) is 5.69 Å². The predicted octanol–water partition coefficient (Wildman–Crippen LogP) is 5.16. The van der Waals surface area contributed by atoms with Crippen LogP contribution in [0.1, 0.15) is 73.5 Å². The summed E-state index contributed by atoms with van der Waals surface area (Å²) in [6.07, 6.45) is 6.87. The molecule has 1 saturated carbocycles. The van der Waals surface area contributed by atoms with E-state index in [4.69, 9.17) is 0 Å². The molecule has 5 nitrogen and oxygen atoms in total. The van der Waals surface area contributed by atoms with Gasteiger partial charge in [0.1, 0.15) is 0 Å². The highest BCUT2D eigenvalue weighted by atomic mass is 16.2. The topological polar surface area (TPSA) is 47.6 Å². The van der Waals surface area contributed by atoms with Gasteiger partial charge >= 0.3 is 0 Å². The second-order valence-corrected chi connectivity index (χ2v) is 9.80. The molecule has 2 aromatic carbocycles. The molecule has 2 aromatic rings. The van der Waals surface area contributed by atoms with Gasteiger partial charge in [0, 0.05) is 57.1 Å². The fraction of sp³-hybridized carbons (Fsp3) is 0.552. The number of anilines is 1. The molecule has 1 aliphatic carbocycles. The van der Waals surface area contributed by atoms with Crippen LogP contribution < -0.4 is 10.6 Å². The van der Waals surface area contributed by atoms with Crippen molar-refractivity contribution in [2.75, 3.05) is 51.1 Å². The minimum atomic E-state index is 0.115. The monoisotopic (exact) mass is 462 g/mol. The van der Waals surface area contributed by atoms with Crippen LogP contribution in [0, 0.1) is 5.92 Å². The maximum atomic E-state index is 12.8. The highest BCUT2D eigenvalue weighted by Crippen LogP contribution is 2.31. The molecule has 184 valence electrons. The Balaban J connectivity index is 1.55. The van der Waals surface area contributed by atoms with Crippen molar-refractivity contribution in [1.82, 2.24) is 15.1 Å². The molecule has 0 aromatic heterocycles. The van der Waals surface area contributed by atoms with E-state index in [9.17, 15) is 4.79 Å². The van der Waals surface area contributed by atoms with Gasteiger partial charge in [0.2, 0.25) is 0 Å². The first-order valence-electron chi connectivity index (χ1n) is 13.4. The molecule has 0 bridgehead atoms. The third-order valence-electron chi connectivity index (χ3n) is 7.56. The zero-order valence-electron chi connectivity index (χ0n) is 21.1. The van der Waals surface area contributed by atoms with Crippen LogP contribution in [0.25, 0.3) is 0 Å². The maximum Gasteiger partial charge on any atom is 0.253 e. The van der Waals surface area contributed by atoms with Crippen LogP contribution in [0.5, 0.6) is 0 Å². The predicted molar refractivity (Wildman–Crippen MR) is 141 cm³/mol.